The smallest absolute Gasteiger partial charge is 0.305 e. The normalized spacial score (nSPS) is 12.6. The molecule has 2 unspecified atom stereocenters. The molecule has 2 atom stereocenters. The average molecular weight is 1100 g/mol. The molecule has 0 aliphatic heterocycles. The van der Waals surface area contributed by atoms with E-state index in [0.717, 1.165) is 44.9 Å². The van der Waals surface area contributed by atoms with Crippen molar-refractivity contribution in [3.8, 4) is 0 Å². The monoisotopic (exact) mass is 1100 g/mol. The number of allylic oxidation sites excluding steroid dienone is 3. The SMILES string of the molecule is CCCCC/C=C\CCCCCCCC(=O)OCCCCCCCCCCCCCCCCCCCCCCCCCCCCCCCC(=O)NC(CO)C(O)/C=C/CCCCCCCCCCCCCCCCCCCC. The van der Waals surface area contributed by atoms with E-state index in [9.17, 15) is 19.8 Å². The fraction of sp³-hybridized carbons (Fsp3) is 0.917. The fourth-order valence-electron chi connectivity index (χ4n) is 11.3. The molecule has 0 spiro atoms. The van der Waals surface area contributed by atoms with E-state index in [2.05, 4.69) is 31.3 Å². The van der Waals surface area contributed by atoms with Gasteiger partial charge in [0, 0.05) is 12.8 Å². The summed E-state index contributed by atoms with van der Waals surface area (Å²) in [5.74, 6) is -0.0509. The Hall–Kier alpha value is -1.66. The lowest BCUT2D eigenvalue weighted by Gasteiger charge is -2.20. The number of ether oxygens (including phenoxy) is 1. The van der Waals surface area contributed by atoms with Crippen LogP contribution in [0.2, 0.25) is 0 Å². The molecule has 1 amide bonds. The molecule has 0 saturated heterocycles. The standard InChI is InChI=1S/C72H139NO5/c1-3-5-7-9-11-13-15-17-18-19-20-32-35-38-41-44-48-52-56-60-64-70(75)69(68-74)73-71(76)65-61-57-53-49-45-42-39-36-33-30-28-26-24-22-21-23-25-27-29-31-34-37-40-43-47-51-55-59-63-67-78-72(77)66-62-58-54-50-46-16-14-12-10-8-6-4-2/h12,14,60,64,69-70,74-75H,3-11,13,15-59,61-63,65-68H2,1-2H3,(H,73,76)/b14-12-,64-60+. The molecule has 462 valence electrons. The van der Waals surface area contributed by atoms with Crippen LogP contribution < -0.4 is 5.32 Å². The Morgan fingerprint density at radius 1 is 0.346 bits per heavy atom. The van der Waals surface area contributed by atoms with Crippen molar-refractivity contribution >= 4 is 11.9 Å². The van der Waals surface area contributed by atoms with Gasteiger partial charge in [-0.3, -0.25) is 9.59 Å². The third-order valence-corrected chi connectivity index (χ3v) is 16.7. The predicted octanol–water partition coefficient (Wildman–Crippen LogP) is 22.9. The summed E-state index contributed by atoms with van der Waals surface area (Å²) in [7, 11) is 0. The molecule has 0 aromatic heterocycles. The molecule has 0 bridgehead atoms. The van der Waals surface area contributed by atoms with Gasteiger partial charge >= 0.3 is 5.97 Å². The van der Waals surface area contributed by atoms with E-state index in [4.69, 9.17) is 4.74 Å². The van der Waals surface area contributed by atoms with Gasteiger partial charge in [-0.15, -0.1) is 0 Å². The second-order valence-electron chi connectivity index (χ2n) is 24.6. The largest absolute Gasteiger partial charge is 0.466 e. The highest BCUT2D eigenvalue weighted by molar-refractivity contribution is 5.76. The van der Waals surface area contributed by atoms with E-state index in [1.807, 2.05) is 6.08 Å². The molecule has 0 rings (SSSR count). The number of aliphatic hydroxyl groups excluding tert-OH is 2. The van der Waals surface area contributed by atoms with Crippen LogP contribution in [0.5, 0.6) is 0 Å². The topological polar surface area (TPSA) is 95.9 Å². The maximum Gasteiger partial charge on any atom is 0.305 e. The number of carbonyl (C=O) groups is 2. The van der Waals surface area contributed by atoms with Crippen LogP contribution in [0.1, 0.15) is 399 Å². The van der Waals surface area contributed by atoms with E-state index in [0.29, 0.717) is 19.4 Å². The Morgan fingerprint density at radius 3 is 0.936 bits per heavy atom. The highest BCUT2D eigenvalue weighted by Crippen LogP contribution is 2.19. The zero-order chi connectivity index (χ0) is 56.4. The van der Waals surface area contributed by atoms with Crippen molar-refractivity contribution in [3.63, 3.8) is 0 Å². The molecule has 0 fully saturated rings. The molecule has 0 aromatic rings. The first-order valence-electron chi connectivity index (χ1n) is 35.6. The number of rotatable bonds is 67. The second kappa shape index (κ2) is 67.8. The third kappa shape index (κ3) is 63.5. The summed E-state index contributed by atoms with van der Waals surface area (Å²) in [4.78, 5) is 24.5. The third-order valence-electron chi connectivity index (χ3n) is 16.7. The summed E-state index contributed by atoms with van der Waals surface area (Å²) in [6, 6.07) is -0.626. The lowest BCUT2D eigenvalue weighted by molar-refractivity contribution is -0.143. The predicted molar refractivity (Wildman–Crippen MR) is 343 cm³/mol. The van der Waals surface area contributed by atoms with E-state index in [-0.39, 0.29) is 18.5 Å². The number of amides is 1. The number of aliphatic hydroxyl groups is 2. The van der Waals surface area contributed by atoms with Crippen LogP contribution in [-0.2, 0) is 14.3 Å². The number of hydrogen-bond acceptors (Lipinski definition) is 5. The van der Waals surface area contributed by atoms with Crippen molar-refractivity contribution in [1.82, 2.24) is 5.32 Å². The molecule has 0 radical (unpaired) electrons. The van der Waals surface area contributed by atoms with Gasteiger partial charge in [0.1, 0.15) is 0 Å². The summed E-state index contributed by atoms with van der Waals surface area (Å²) >= 11 is 0. The van der Waals surface area contributed by atoms with Gasteiger partial charge in [0.2, 0.25) is 5.91 Å². The van der Waals surface area contributed by atoms with Gasteiger partial charge in [0.15, 0.2) is 0 Å². The van der Waals surface area contributed by atoms with Crippen LogP contribution in [0.4, 0.5) is 0 Å². The van der Waals surface area contributed by atoms with Crippen LogP contribution in [0, 0.1) is 0 Å². The lowest BCUT2D eigenvalue weighted by Crippen LogP contribution is -2.45. The number of carbonyl (C=O) groups excluding carboxylic acids is 2. The zero-order valence-corrected chi connectivity index (χ0v) is 52.9. The molecule has 0 aromatic carbocycles. The molecule has 6 nitrogen and oxygen atoms in total. The minimum absolute atomic E-state index is 0.00960. The molecule has 78 heavy (non-hydrogen) atoms. The van der Waals surface area contributed by atoms with Gasteiger partial charge in [-0.25, -0.2) is 0 Å². The van der Waals surface area contributed by atoms with Crippen molar-refractivity contribution in [2.24, 2.45) is 0 Å². The molecule has 0 aliphatic rings. The van der Waals surface area contributed by atoms with Gasteiger partial charge in [0.25, 0.3) is 0 Å². The Morgan fingerprint density at radius 2 is 0.603 bits per heavy atom. The van der Waals surface area contributed by atoms with Crippen molar-refractivity contribution in [2.75, 3.05) is 13.2 Å². The molecule has 3 N–H and O–H groups in total. The van der Waals surface area contributed by atoms with Crippen molar-refractivity contribution in [2.45, 2.75) is 411 Å². The van der Waals surface area contributed by atoms with Crippen LogP contribution in [0.3, 0.4) is 0 Å². The first kappa shape index (κ1) is 76.3. The van der Waals surface area contributed by atoms with Gasteiger partial charge in [-0.2, -0.15) is 0 Å². The Balaban J connectivity index is 3.37. The Kier molecular flexibility index (Phi) is 66.4. The van der Waals surface area contributed by atoms with Crippen molar-refractivity contribution in [1.29, 1.82) is 0 Å². The Bertz CT molecular complexity index is 1220. The van der Waals surface area contributed by atoms with Crippen molar-refractivity contribution < 1.29 is 24.5 Å². The zero-order valence-electron chi connectivity index (χ0n) is 52.9. The van der Waals surface area contributed by atoms with E-state index in [1.54, 1.807) is 6.08 Å². The summed E-state index contributed by atoms with van der Waals surface area (Å²) in [5, 5.41) is 23.2. The minimum atomic E-state index is -0.842. The molecular weight excluding hydrogens is 959 g/mol. The average Bonchev–Trinajstić information content (AvgIpc) is 3.44. The second-order valence-corrected chi connectivity index (χ2v) is 24.6. The summed E-state index contributed by atoms with van der Waals surface area (Å²) in [6.45, 7) is 4.92. The van der Waals surface area contributed by atoms with E-state index < -0.39 is 12.1 Å². The molecule has 0 aliphatic carbocycles. The summed E-state index contributed by atoms with van der Waals surface area (Å²) < 4.78 is 5.48. The molecule has 0 heterocycles. The van der Waals surface area contributed by atoms with E-state index in [1.165, 1.54) is 327 Å². The molecular formula is C72H139NO5. The van der Waals surface area contributed by atoms with Crippen LogP contribution in [0.25, 0.3) is 0 Å². The molecule has 0 saturated carbocycles. The van der Waals surface area contributed by atoms with Gasteiger partial charge in [-0.05, 0) is 57.8 Å². The van der Waals surface area contributed by atoms with Crippen molar-refractivity contribution in [3.05, 3.63) is 24.3 Å². The molecule has 6 heteroatoms. The number of hydrogen-bond donors (Lipinski definition) is 3. The number of unbranched alkanes of at least 4 members (excludes halogenated alkanes) is 54. The van der Waals surface area contributed by atoms with Gasteiger partial charge in [0.05, 0.1) is 25.4 Å². The lowest BCUT2D eigenvalue weighted by atomic mass is 10.0. The number of nitrogens with one attached hydrogen (secondary N) is 1. The first-order valence-corrected chi connectivity index (χ1v) is 35.6. The van der Waals surface area contributed by atoms with Crippen LogP contribution >= 0.6 is 0 Å². The summed E-state index contributed by atoms with van der Waals surface area (Å²) in [5.41, 5.74) is 0. The van der Waals surface area contributed by atoms with E-state index >= 15 is 0 Å². The number of esters is 1. The quantitative estimate of drug-likeness (QED) is 0.0320. The minimum Gasteiger partial charge on any atom is -0.466 e. The summed E-state index contributed by atoms with van der Waals surface area (Å²) in [6.07, 6.45) is 85.5. The Labute approximate surface area is 488 Å². The maximum atomic E-state index is 12.5. The highest BCUT2D eigenvalue weighted by Gasteiger charge is 2.18. The fourth-order valence-corrected chi connectivity index (χ4v) is 11.3. The maximum absolute atomic E-state index is 12.5. The highest BCUT2D eigenvalue weighted by atomic mass is 16.5. The van der Waals surface area contributed by atoms with Gasteiger partial charge in [-0.1, -0.05) is 353 Å². The van der Waals surface area contributed by atoms with Gasteiger partial charge < -0.3 is 20.3 Å². The van der Waals surface area contributed by atoms with Crippen LogP contribution in [0.15, 0.2) is 24.3 Å². The van der Waals surface area contributed by atoms with Crippen LogP contribution in [-0.4, -0.2) is 47.4 Å². The first-order chi connectivity index (χ1) is 38.5.